The monoisotopic (exact) mass is 584 g/mol. The molecule has 3 fully saturated rings. The predicted octanol–water partition coefficient (Wildman–Crippen LogP) is 5.88. The Labute approximate surface area is 233 Å². The van der Waals surface area contributed by atoms with Crippen LogP contribution in [0.4, 0.5) is 10.2 Å². The summed E-state index contributed by atoms with van der Waals surface area (Å²) in [6.07, 6.45) is 10.7. The number of ether oxygens (including phenoxy) is 2. The average molecular weight is 586 g/mol. The summed E-state index contributed by atoms with van der Waals surface area (Å²) >= 11 is 3.79. The van der Waals surface area contributed by atoms with Gasteiger partial charge in [-0.3, -0.25) is 4.90 Å². The lowest BCUT2D eigenvalue weighted by Crippen LogP contribution is -2.44. The fraction of sp³-hybridized carbons (Fsp3) is 0.667. The van der Waals surface area contributed by atoms with E-state index in [1.165, 1.54) is 41.3 Å². The maximum atomic E-state index is 14.4. The van der Waals surface area contributed by atoms with Crippen molar-refractivity contribution in [1.29, 1.82) is 0 Å². The summed E-state index contributed by atoms with van der Waals surface area (Å²) in [4.78, 5) is 14.8. The van der Waals surface area contributed by atoms with Gasteiger partial charge in [0.25, 0.3) is 0 Å². The third-order valence-corrected chi connectivity index (χ3v) is 10.5. The third kappa shape index (κ3) is 4.35. The van der Waals surface area contributed by atoms with E-state index in [1.807, 2.05) is 0 Å². The van der Waals surface area contributed by atoms with Gasteiger partial charge in [-0.1, -0.05) is 40.9 Å². The van der Waals surface area contributed by atoms with Crippen molar-refractivity contribution < 1.29 is 13.9 Å². The molecule has 0 saturated carbocycles. The highest BCUT2D eigenvalue weighted by Gasteiger charge is 2.49. The van der Waals surface area contributed by atoms with Crippen molar-refractivity contribution in [3.63, 3.8) is 0 Å². The molecule has 8 heteroatoms. The fourth-order valence-corrected chi connectivity index (χ4v) is 8.40. The second-order valence-corrected chi connectivity index (χ2v) is 13.0. The molecule has 1 spiro atoms. The normalized spacial score (nSPS) is 31.1. The average Bonchev–Trinajstić information content (AvgIpc) is 3.29. The smallest absolute Gasteiger partial charge is 0.318 e. The first-order valence-electron chi connectivity index (χ1n) is 14.6. The molecule has 0 radical (unpaired) electrons. The Morgan fingerprint density at radius 3 is 2.76 bits per heavy atom. The number of alkyl halides is 1. The van der Waals surface area contributed by atoms with Crippen molar-refractivity contribution in [2.24, 2.45) is 0 Å². The fourth-order valence-electron chi connectivity index (χ4n) is 7.84. The van der Waals surface area contributed by atoms with Gasteiger partial charge < -0.3 is 14.4 Å². The zero-order chi connectivity index (χ0) is 25.7. The van der Waals surface area contributed by atoms with Crippen LogP contribution in [0.5, 0.6) is 6.01 Å². The molecule has 0 N–H and O–H groups in total. The van der Waals surface area contributed by atoms with Gasteiger partial charge in [-0.05, 0) is 68.7 Å². The van der Waals surface area contributed by atoms with Crippen LogP contribution in [0.15, 0.2) is 22.7 Å². The highest BCUT2D eigenvalue weighted by molar-refractivity contribution is 9.10. The Hall–Kier alpha value is -1.77. The molecule has 1 aromatic carbocycles. The van der Waals surface area contributed by atoms with Gasteiger partial charge in [0.05, 0.1) is 23.4 Å². The molecule has 3 saturated heterocycles. The quantitative estimate of drug-likeness (QED) is 0.447. The number of fused-ring (bicyclic) bond motifs is 4. The first kappa shape index (κ1) is 25.2. The van der Waals surface area contributed by atoms with E-state index in [2.05, 4.69) is 43.9 Å². The number of hydrogen-bond acceptors (Lipinski definition) is 6. The Morgan fingerprint density at radius 1 is 1.03 bits per heavy atom. The van der Waals surface area contributed by atoms with Gasteiger partial charge >= 0.3 is 6.01 Å². The third-order valence-electron chi connectivity index (χ3n) is 9.75. The lowest BCUT2D eigenvalue weighted by atomic mass is 9.75. The molecule has 5 aliphatic rings. The van der Waals surface area contributed by atoms with Gasteiger partial charge in [-0.2, -0.15) is 9.97 Å². The van der Waals surface area contributed by atoms with E-state index in [0.29, 0.717) is 32.2 Å². The molecule has 1 aromatic heterocycles. The zero-order valence-electron chi connectivity index (χ0n) is 22.2. The number of hydrogen-bond donors (Lipinski definition) is 0. The first-order valence-corrected chi connectivity index (χ1v) is 15.4. The van der Waals surface area contributed by atoms with E-state index < -0.39 is 6.17 Å². The van der Waals surface area contributed by atoms with Crippen molar-refractivity contribution in [2.45, 2.75) is 94.5 Å². The Balaban J connectivity index is 1.24. The molecule has 2 aromatic rings. The summed E-state index contributed by atoms with van der Waals surface area (Å²) < 4.78 is 28.8. The van der Waals surface area contributed by atoms with Gasteiger partial charge in [0.2, 0.25) is 0 Å². The summed E-state index contributed by atoms with van der Waals surface area (Å²) in [7, 11) is 0. The first-order chi connectivity index (χ1) is 18.6. The van der Waals surface area contributed by atoms with Crippen molar-refractivity contribution in [2.75, 3.05) is 37.7 Å². The molecule has 2 unspecified atom stereocenters. The van der Waals surface area contributed by atoms with Gasteiger partial charge in [0.1, 0.15) is 18.6 Å². The van der Waals surface area contributed by atoms with Crippen LogP contribution in [0.2, 0.25) is 0 Å². The zero-order valence-corrected chi connectivity index (χ0v) is 23.8. The standard InChI is InChI=1S/C30H38BrFN4O2/c31-25-10-5-9-24-22(25)8-6-12-30(24)17-26-23(19-38-30)27(35-13-3-1-2-4-14-35)34-28(33-26)37-20-29-11-7-15-36(29)18-21(32)16-29/h5,9-10,21H,1-4,6-8,11-20H2/t21?,29-,30?/m0/s1. The second kappa shape index (κ2) is 10.0. The van der Waals surface area contributed by atoms with Crippen LogP contribution in [-0.2, 0) is 29.8 Å². The van der Waals surface area contributed by atoms with E-state index in [4.69, 9.17) is 19.4 Å². The van der Waals surface area contributed by atoms with Crippen LogP contribution in [-0.4, -0.2) is 59.4 Å². The topological polar surface area (TPSA) is 50.7 Å². The summed E-state index contributed by atoms with van der Waals surface area (Å²) in [5.74, 6) is 0.989. The number of rotatable bonds is 4. The Kier molecular flexibility index (Phi) is 6.64. The molecule has 204 valence electrons. The van der Waals surface area contributed by atoms with Crippen molar-refractivity contribution in [3.05, 3.63) is 45.1 Å². The summed E-state index contributed by atoms with van der Waals surface area (Å²) in [5.41, 5.74) is 4.27. The summed E-state index contributed by atoms with van der Waals surface area (Å²) in [6.45, 7) is 4.48. The molecule has 7 rings (SSSR count). The number of halogens is 2. The second-order valence-electron chi connectivity index (χ2n) is 12.1. The minimum absolute atomic E-state index is 0.208. The molecular weight excluding hydrogens is 547 g/mol. The van der Waals surface area contributed by atoms with Gasteiger partial charge in [-0.25, -0.2) is 4.39 Å². The van der Waals surface area contributed by atoms with Crippen LogP contribution in [0.25, 0.3) is 0 Å². The van der Waals surface area contributed by atoms with E-state index in [0.717, 1.165) is 75.2 Å². The highest BCUT2D eigenvalue weighted by Crippen LogP contribution is 2.47. The number of nitrogens with zero attached hydrogens (tertiary/aromatic N) is 4. The van der Waals surface area contributed by atoms with Crippen LogP contribution >= 0.6 is 15.9 Å². The Morgan fingerprint density at radius 2 is 1.89 bits per heavy atom. The molecule has 1 aliphatic carbocycles. The van der Waals surface area contributed by atoms with Crippen molar-refractivity contribution >= 4 is 21.7 Å². The molecular formula is C30H38BrFN4O2. The van der Waals surface area contributed by atoms with E-state index in [1.54, 1.807) is 0 Å². The molecule has 0 amide bonds. The maximum Gasteiger partial charge on any atom is 0.318 e. The largest absolute Gasteiger partial charge is 0.461 e. The van der Waals surface area contributed by atoms with Crippen LogP contribution in [0.1, 0.15) is 80.2 Å². The summed E-state index contributed by atoms with van der Waals surface area (Å²) in [6, 6.07) is 6.95. The molecule has 38 heavy (non-hydrogen) atoms. The molecule has 0 bridgehead atoms. The molecule has 5 heterocycles. The van der Waals surface area contributed by atoms with Crippen molar-refractivity contribution in [1.82, 2.24) is 14.9 Å². The lowest BCUT2D eigenvalue weighted by Gasteiger charge is -2.43. The van der Waals surface area contributed by atoms with Crippen LogP contribution in [0, 0.1) is 0 Å². The van der Waals surface area contributed by atoms with E-state index in [9.17, 15) is 4.39 Å². The minimum atomic E-state index is -0.765. The predicted molar refractivity (Wildman–Crippen MR) is 149 cm³/mol. The van der Waals surface area contributed by atoms with E-state index in [-0.39, 0.29) is 11.1 Å². The number of aromatic nitrogens is 2. The van der Waals surface area contributed by atoms with Gasteiger partial charge in [0, 0.05) is 42.5 Å². The van der Waals surface area contributed by atoms with E-state index >= 15 is 0 Å². The molecule has 6 nitrogen and oxygen atoms in total. The number of benzene rings is 1. The van der Waals surface area contributed by atoms with Crippen LogP contribution < -0.4 is 9.64 Å². The van der Waals surface area contributed by atoms with Crippen molar-refractivity contribution in [3.8, 4) is 6.01 Å². The summed E-state index contributed by atoms with van der Waals surface area (Å²) in [5, 5.41) is 0. The van der Waals surface area contributed by atoms with Gasteiger partial charge in [-0.15, -0.1) is 0 Å². The van der Waals surface area contributed by atoms with Gasteiger partial charge in [0.15, 0.2) is 0 Å². The minimum Gasteiger partial charge on any atom is -0.461 e. The lowest BCUT2D eigenvalue weighted by molar-refractivity contribution is -0.0856. The highest BCUT2D eigenvalue weighted by atomic mass is 79.9. The maximum absolute atomic E-state index is 14.4. The number of anilines is 1. The van der Waals surface area contributed by atoms with Crippen LogP contribution in [0.3, 0.4) is 0 Å². The SMILES string of the molecule is FC1CN2CCC[C@@]2(COc2nc3c(c(N4CCCCCC4)n2)COC2(CCCc4c(Br)cccc42)C3)C1. The molecule has 4 aliphatic heterocycles. The molecule has 3 atom stereocenters. The Bertz CT molecular complexity index is 1210.